The number of aryl methyl sites for hydroxylation is 3. The van der Waals surface area contributed by atoms with Crippen LogP contribution < -0.4 is 15.5 Å². The number of pyridine rings is 1. The van der Waals surface area contributed by atoms with Crippen LogP contribution in [0.15, 0.2) is 35.6 Å². The number of halogens is 1. The van der Waals surface area contributed by atoms with Gasteiger partial charge in [0.05, 0.1) is 0 Å². The van der Waals surface area contributed by atoms with E-state index in [0.29, 0.717) is 6.04 Å². The van der Waals surface area contributed by atoms with E-state index in [1.807, 2.05) is 32.3 Å². The molecule has 1 aliphatic rings. The van der Waals surface area contributed by atoms with Crippen molar-refractivity contribution >= 4 is 35.8 Å². The highest BCUT2D eigenvalue weighted by molar-refractivity contribution is 14.0. The Balaban J connectivity index is 0.00000320. The fourth-order valence-electron chi connectivity index (χ4n) is 3.70. The zero-order valence-corrected chi connectivity index (χ0v) is 20.8. The first-order valence-electron chi connectivity index (χ1n) is 10.9. The number of anilines is 1. The third-order valence-corrected chi connectivity index (χ3v) is 5.38. The number of piperidine rings is 1. The van der Waals surface area contributed by atoms with E-state index in [9.17, 15) is 0 Å². The number of hydrogen-bond donors (Lipinski definition) is 2. The summed E-state index contributed by atoms with van der Waals surface area (Å²) in [6.45, 7) is 11.0. The molecule has 3 heterocycles. The van der Waals surface area contributed by atoms with Crippen LogP contribution in [0, 0.1) is 13.8 Å². The summed E-state index contributed by atoms with van der Waals surface area (Å²) in [5, 5.41) is 7.02. The van der Waals surface area contributed by atoms with Crippen molar-refractivity contribution in [3.63, 3.8) is 0 Å². The summed E-state index contributed by atoms with van der Waals surface area (Å²) in [5.41, 5.74) is 1.08. The van der Waals surface area contributed by atoms with E-state index in [1.54, 1.807) is 0 Å². The Hall–Kier alpha value is -1.84. The third-order valence-electron chi connectivity index (χ3n) is 5.38. The average molecular weight is 525 g/mol. The van der Waals surface area contributed by atoms with E-state index in [2.05, 4.69) is 49.1 Å². The SMILES string of the molecule is CCNC(=NCCCCn1ccnc1C)NC1CCN(c2cccc(C)n2)CC1.I. The number of aromatic nitrogens is 3. The smallest absolute Gasteiger partial charge is 0.191 e. The fourth-order valence-corrected chi connectivity index (χ4v) is 3.70. The van der Waals surface area contributed by atoms with Crippen molar-refractivity contribution < 1.29 is 0 Å². The lowest BCUT2D eigenvalue weighted by molar-refractivity contribution is 0.459. The Labute approximate surface area is 197 Å². The number of nitrogens with zero attached hydrogens (tertiary/aromatic N) is 5. The van der Waals surface area contributed by atoms with Gasteiger partial charge in [0.25, 0.3) is 0 Å². The summed E-state index contributed by atoms with van der Waals surface area (Å²) >= 11 is 0. The second-order valence-corrected chi connectivity index (χ2v) is 7.68. The molecule has 8 heteroatoms. The maximum atomic E-state index is 4.78. The summed E-state index contributed by atoms with van der Waals surface area (Å²) in [7, 11) is 0. The first-order chi connectivity index (χ1) is 14.2. The van der Waals surface area contributed by atoms with Gasteiger partial charge in [0.15, 0.2) is 5.96 Å². The van der Waals surface area contributed by atoms with E-state index in [0.717, 1.165) is 81.7 Å². The Bertz CT molecular complexity index is 781. The van der Waals surface area contributed by atoms with Crippen LogP contribution in [0.3, 0.4) is 0 Å². The molecule has 2 N–H and O–H groups in total. The predicted molar refractivity (Wildman–Crippen MR) is 135 cm³/mol. The molecule has 1 aliphatic heterocycles. The van der Waals surface area contributed by atoms with Crippen molar-refractivity contribution in [2.75, 3.05) is 31.1 Å². The molecule has 0 unspecified atom stereocenters. The molecular weight excluding hydrogens is 489 g/mol. The van der Waals surface area contributed by atoms with Gasteiger partial charge in [-0.1, -0.05) is 6.07 Å². The molecule has 166 valence electrons. The molecule has 0 amide bonds. The number of nitrogens with one attached hydrogen (secondary N) is 2. The van der Waals surface area contributed by atoms with Crippen molar-refractivity contribution in [2.24, 2.45) is 4.99 Å². The highest BCUT2D eigenvalue weighted by atomic mass is 127. The summed E-state index contributed by atoms with van der Waals surface area (Å²) < 4.78 is 2.20. The minimum absolute atomic E-state index is 0. The van der Waals surface area contributed by atoms with Crippen LogP contribution in [0.1, 0.15) is 44.1 Å². The summed E-state index contributed by atoms with van der Waals surface area (Å²) in [6.07, 6.45) is 8.29. The van der Waals surface area contributed by atoms with Crippen LogP contribution in [0.4, 0.5) is 5.82 Å². The maximum absolute atomic E-state index is 4.78. The molecule has 0 atom stereocenters. The van der Waals surface area contributed by atoms with Gasteiger partial charge in [0.2, 0.25) is 0 Å². The van der Waals surface area contributed by atoms with Gasteiger partial charge in [0, 0.05) is 56.9 Å². The molecule has 0 aliphatic carbocycles. The van der Waals surface area contributed by atoms with Gasteiger partial charge < -0.3 is 20.1 Å². The summed E-state index contributed by atoms with van der Waals surface area (Å²) in [6, 6.07) is 6.71. The van der Waals surface area contributed by atoms with Gasteiger partial charge >= 0.3 is 0 Å². The number of aliphatic imine (C=N–C) groups is 1. The van der Waals surface area contributed by atoms with Crippen molar-refractivity contribution in [3.8, 4) is 0 Å². The molecule has 0 bridgehead atoms. The lowest BCUT2D eigenvalue weighted by Crippen LogP contribution is -2.49. The van der Waals surface area contributed by atoms with Crippen molar-refractivity contribution in [3.05, 3.63) is 42.1 Å². The second-order valence-electron chi connectivity index (χ2n) is 7.68. The average Bonchev–Trinajstić information content (AvgIpc) is 3.13. The lowest BCUT2D eigenvalue weighted by Gasteiger charge is -2.34. The highest BCUT2D eigenvalue weighted by Gasteiger charge is 2.20. The molecule has 0 aromatic carbocycles. The van der Waals surface area contributed by atoms with Crippen LogP contribution in [-0.2, 0) is 6.54 Å². The largest absolute Gasteiger partial charge is 0.357 e. The zero-order valence-electron chi connectivity index (χ0n) is 18.5. The topological polar surface area (TPSA) is 70.4 Å². The van der Waals surface area contributed by atoms with Crippen LogP contribution >= 0.6 is 24.0 Å². The van der Waals surface area contributed by atoms with E-state index in [1.165, 1.54) is 0 Å². The van der Waals surface area contributed by atoms with Crippen LogP contribution in [0.2, 0.25) is 0 Å². The van der Waals surface area contributed by atoms with Crippen LogP contribution in [0.5, 0.6) is 0 Å². The molecule has 2 aromatic heterocycles. The molecule has 7 nitrogen and oxygen atoms in total. The van der Waals surface area contributed by atoms with E-state index in [-0.39, 0.29) is 24.0 Å². The van der Waals surface area contributed by atoms with Gasteiger partial charge in [-0.05, 0) is 58.6 Å². The molecule has 30 heavy (non-hydrogen) atoms. The molecule has 2 aromatic rings. The first-order valence-corrected chi connectivity index (χ1v) is 10.9. The second kappa shape index (κ2) is 12.8. The number of hydrogen-bond acceptors (Lipinski definition) is 4. The Kier molecular flexibility index (Phi) is 10.4. The van der Waals surface area contributed by atoms with Crippen molar-refractivity contribution in [1.29, 1.82) is 0 Å². The fraction of sp³-hybridized carbons (Fsp3) is 0.591. The van der Waals surface area contributed by atoms with Crippen molar-refractivity contribution in [1.82, 2.24) is 25.2 Å². The molecule has 1 saturated heterocycles. The third kappa shape index (κ3) is 7.45. The summed E-state index contributed by atoms with van der Waals surface area (Å²) in [4.78, 5) is 16.1. The predicted octanol–water partition coefficient (Wildman–Crippen LogP) is 3.52. The monoisotopic (exact) mass is 525 g/mol. The van der Waals surface area contributed by atoms with E-state index >= 15 is 0 Å². The number of guanidine groups is 1. The zero-order chi connectivity index (χ0) is 20.5. The summed E-state index contributed by atoms with van der Waals surface area (Å²) in [5.74, 6) is 3.12. The van der Waals surface area contributed by atoms with Crippen molar-refractivity contribution in [2.45, 2.75) is 59.0 Å². The van der Waals surface area contributed by atoms with Gasteiger partial charge in [-0.15, -0.1) is 24.0 Å². The van der Waals surface area contributed by atoms with Crippen LogP contribution in [0.25, 0.3) is 0 Å². The highest BCUT2D eigenvalue weighted by Crippen LogP contribution is 2.18. The Morgan fingerprint density at radius 2 is 2.00 bits per heavy atom. The first kappa shape index (κ1) is 24.4. The van der Waals surface area contributed by atoms with E-state index < -0.39 is 0 Å². The Morgan fingerprint density at radius 1 is 1.20 bits per heavy atom. The van der Waals surface area contributed by atoms with Gasteiger partial charge in [-0.25, -0.2) is 9.97 Å². The number of unbranched alkanes of at least 4 members (excludes halogenated alkanes) is 1. The number of imidazole rings is 1. The minimum atomic E-state index is 0. The molecule has 0 radical (unpaired) electrons. The molecule has 1 fully saturated rings. The molecule has 0 spiro atoms. The standard InChI is InChI=1S/C22H35N7.HI/c1-4-23-22(25-12-5-6-14-28-17-13-24-19(28)3)27-20-10-15-29(16-11-20)21-9-7-8-18(2)26-21;/h7-9,13,17,20H,4-6,10-12,14-16H2,1-3H3,(H2,23,25,27);1H. The quantitative estimate of drug-likeness (QED) is 0.239. The van der Waals surface area contributed by atoms with Gasteiger partial charge in [0.1, 0.15) is 11.6 Å². The molecular formula is C22H36IN7. The maximum Gasteiger partial charge on any atom is 0.191 e. The van der Waals surface area contributed by atoms with Gasteiger partial charge in [-0.3, -0.25) is 4.99 Å². The number of rotatable bonds is 8. The molecule has 0 saturated carbocycles. The Morgan fingerprint density at radius 3 is 2.67 bits per heavy atom. The molecule has 3 rings (SSSR count). The lowest BCUT2D eigenvalue weighted by atomic mass is 10.1. The normalized spacial score (nSPS) is 15.0. The van der Waals surface area contributed by atoms with Gasteiger partial charge in [-0.2, -0.15) is 0 Å². The van der Waals surface area contributed by atoms with E-state index in [4.69, 9.17) is 4.99 Å². The minimum Gasteiger partial charge on any atom is -0.357 e. The van der Waals surface area contributed by atoms with Crippen LogP contribution in [-0.4, -0.2) is 52.7 Å².